The van der Waals surface area contributed by atoms with Crippen LogP contribution in [0, 0.1) is 5.92 Å². The predicted molar refractivity (Wildman–Crippen MR) is 77.1 cm³/mol. The summed E-state index contributed by atoms with van der Waals surface area (Å²) < 4.78 is 0. The van der Waals surface area contributed by atoms with Gasteiger partial charge in [0.1, 0.15) is 17.0 Å². The van der Waals surface area contributed by atoms with Crippen molar-refractivity contribution in [3.8, 4) is 0 Å². The number of aromatic nitrogens is 2. The quantitative estimate of drug-likeness (QED) is 0.791. The number of nitrogens with zero attached hydrogens (tertiary/aromatic N) is 2. The molecule has 1 fully saturated rings. The molecule has 1 aliphatic rings. The van der Waals surface area contributed by atoms with Gasteiger partial charge < -0.3 is 20.3 Å². The molecular weight excluding hydrogens is 296 g/mol. The number of amides is 2. The van der Waals surface area contributed by atoms with Crippen LogP contribution in [-0.2, 0) is 4.79 Å². The summed E-state index contributed by atoms with van der Waals surface area (Å²) >= 11 is 5.84. The van der Waals surface area contributed by atoms with Crippen LogP contribution in [0.5, 0.6) is 0 Å². The first-order chi connectivity index (χ1) is 9.90. The molecule has 2 unspecified atom stereocenters. The maximum atomic E-state index is 12.6. The van der Waals surface area contributed by atoms with Gasteiger partial charge in [0.25, 0.3) is 0 Å². The highest BCUT2D eigenvalue weighted by Gasteiger charge is 2.37. The lowest BCUT2D eigenvalue weighted by atomic mass is 10.0. The minimum atomic E-state index is -1.20. The molecule has 2 heterocycles. The van der Waals surface area contributed by atoms with E-state index in [-0.39, 0.29) is 17.9 Å². The van der Waals surface area contributed by atoms with Crippen molar-refractivity contribution in [1.29, 1.82) is 0 Å². The van der Waals surface area contributed by atoms with E-state index in [9.17, 15) is 9.59 Å². The topological polar surface area (TPSA) is 98.3 Å². The summed E-state index contributed by atoms with van der Waals surface area (Å²) in [6.07, 6.45) is 1.95. The minimum absolute atomic E-state index is 0.130. The lowest BCUT2D eigenvalue weighted by molar-refractivity contribution is -0.135. The molecule has 2 rings (SSSR count). The van der Waals surface area contributed by atoms with Gasteiger partial charge in [-0.05, 0) is 18.8 Å². The smallest absolute Gasteiger partial charge is 0.405 e. The molecule has 1 aromatic heterocycles. The zero-order valence-corrected chi connectivity index (χ0v) is 12.7. The number of hydrogen-bond donors (Lipinski definition) is 3. The van der Waals surface area contributed by atoms with E-state index >= 15 is 0 Å². The molecule has 116 valence electrons. The van der Waals surface area contributed by atoms with Crippen LogP contribution in [0.1, 0.15) is 38.6 Å². The van der Waals surface area contributed by atoms with E-state index in [0.29, 0.717) is 17.5 Å². The molecule has 0 aliphatic carbocycles. The largest absolute Gasteiger partial charge is 0.465 e. The van der Waals surface area contributed by atoms with Crippen LogP contribution in [0.15, 0.2) is 6.20 Å². The number of carbonyl (C=O) groups excluding carboxylic acids is 1. The van der Waals surface area contributed by atoms with E-state index in [1.165, 1.54) is 6.20 Å². The maximum absolute atomic E-state index is 12.6. The zero-order valence-electron chi connectivity index (χ0n) is 12.0. The Kier molecular flexibility index (Phi) is 4.72. The van der Waals surface area contributed by atoms with E-state index < -0.39 is 12.1 Å². The number of imidazole rings is 1. The van der Waals surface area contributed by atoms with Crippen molar-refractivity contribution in [1.82, 2.24) is 20.2 Å². The number of halogens is 1. The highest BCUT2D eigenvalue weighted by molar-refractivity contribution is 6.29. The Labute approximate surface area is 127 Å². The molecule has 1 saturated heterocycles. The summed E-state index contributed by atoms with van der Waals surface area (Å²) in [5.74, 6) is 0.293. The molecule has 21 heavy (non-hydrogen) atoms. The van der Waals surface area contributed by atoms with Gasteiger partial charge in [0.2, 0.25) is 5.91 Å². The summed E-state index contributed by atoms with van der Waals surface area (Å²) in [6, 6.07) is -0.935. The number of carbonyl (C=O) groups is 2. The fourth-order valence-electron chi connectivity index (χ4n) is 2.62. The Morgan fingerprint density at radius 3 is 2.81 bits per heavy atom. The molecule has 0 radical (unpaired) electrons. The molecule has 0 spiro atoms. The van der Waals surface area contributed by atoms with Crippen LogP contribution in [0.25, 0.3) is 0 Å². The molecule has 0 bridgehead atoms. The predicted octanol–water partition coefficient (Wildman–Crippen LogP) is 2.02. The third-order valence-electron chi connectivity index (χ3n) is 3.63. The second-order valence-corrected chi connectivity index (χ2v) is 5.88. The number of rotatable bonds is 4. The number of hydrogen-bond acceptors (Lipinski definition) is 3. The molecule has 0 aromatic carbocycles. The second kappa shape index (κ2) is 6.34. The van der Waals surface area contributed by atoms with Crippen LogP contribution in [-0.4, -0.2) is 44.6 Å². The maximum Gasteiger partial charge on any atom is 0.405 e. The Bertz CT molecular complexity index is 531. The summed E-state index contributed by atoms with van der Waals surface area (Å²) in [5, 5.41) is 11.6. The number of aromatic amines is 1. The van der Waals surface area contributed by atoms with Crippen molar-refractivity contribution >= 4 is 23.6 Å². The van der Waals surface area contributed by atoms with Gasteiger partial charge in [0.05, 0.1) is 12.2 Å². The van der Waals surface area contributed by atoms with E-state index in [4.69, 9.17) is 16.7 Å². The van der Waals surface area contributed by atoms with Gasteiger partial charge in [-0.2, -0.15) is 0 Å². The van der Waals surface area contributed by atoms with Crippen LogP contribution in [0.3, 0.4) is 0 Å². The zero-order chi connectivity index (χ0) is 15.6. The Morgan fingerprint density at radius 2 is 2.29 bits per heavy atom. The van der Waals surface area contributed by atoms with Crippen molar-refractivity contribution in [2.24, 2.45) is 5.92 Å². The van der Waals surface area contributed by atoms with Crippen molar-refractivity contribution in [3.63, 3.8) is 0 Å². The first-order valence-corrected chi connectivity index (χ1v) is 7.28. The minimum Gasteiger partial charge on any atom is -0.465 e. The first kappa shape index (κ1) is 15.6. The SMILES string of the molecule is CC(C)C(NC(=O)O)C(=O)N1CCCC1c1ncc(Cl)[nH]1. The van der Waals surface area contributed by atoms with E-state index in [0.717, 1.165) is 12.8 Å². The summed E-state index contributed by atoms with van der Waals surface area (Å²) in [7, 11) is 0. The van der Waals surface area contributed by atoms with Gasteiger partial charge in [0, 0.05) is 6.54 Å². The monoisotopic (exact) mass is 314 g/mol. The fraction of sp³-hybridized carbons (Fsp3) is 0.615. The van der Waals surface area contributed by atoms with Crippen LogP contribution < -0.4 is 5.32 Å². The average Bonchev–Trinajstić information content (AvgIpc) is 3.02. The summed E-state index contributed by atoms with van der Waals surface area (Å²) in [5.41, 5.74) is 0. The second-order valence-electron chi connectivity index (χ2n) is 5.48. The van der Waals surface area contributed by atoms with Crippen LogP contribution >= 0.6 is 11.6 Å². The fourth-order valence-corrected chi connectivity index (χ4v) is 2.77. The number of carboxylic acid groups (broad SMARTS) is 1. The molecule has 8 heteroatoms. The summed E-state index contributed by atoms with van der Waals surface area (Å²) in [6.45, 7) is 4.22. The van der Waals surface area contributed by atoms with Gasteiger partial charge >= 0.3 is 6.09 Å². The van der Waals surface area contributed by atoms with Crippen LogP contribution in [0.2, 0.25) is 5.15 Å². The summed E-state index contributed by atoms with van der Waals surface area (Å²) in [4.78, 5) is 32.3. The van der Waals surface area contributed by atoms with Crippen molar-refractivity contribution in [2.45, 2.75) is 38.8 Å². The Morgan fingerprint density at radius 1 is 1.57 bits per heavy atom. The molecule has 3 N–H and O–H groups in total. The first-order valence-electron chi connectivity index (χ1n) is 6.90. The Hall–Kier alpha value is -1.76. The van der Waals surface area contributed by atoms with Gasteiger partial charge in [-0.15, -0.1) is 0 Å². The lowest BCUT2D eigenvalue weighted by Gasteiger charge is -2.29. The van der Waals surface area contributed by atoms with E-state index in [1.54, 1.807) is 4.90 Å². The third kappa shape index (κ3) is 3.47. The standard InChI is InChI=1S/C13H19ClN4O3/c1-7(2)10(17-13(20)21)12(19)18-5-3-4-8(18)11-15-6-9(14)16-11/h6-8,10,17H,3-5H2,1-2H3,(H,15,16)(H,20,21). The number of H-pyrrole nitrogens is 1. The van der Waals surface area contributed by atoms with Gasteiger partial charge in [-0.25, -0.2) is 9.78 Å². The molecule has 2 atom stereocenters. The molecule has 2 amide bonds. The molecule has 7 nitrogen and oxygen atoms in total. The van der Waals surface area contributed by atoms with Crippen molar-refractivity contribution in [3.05, 3.63) is 17.2 Å². The van der Waals surface area contributed by atoms with Gasteiger partial charge in [-0.3, -0.25) is 4.79 Å². The normalized spacial score (nSPS) is 19.8. The molecule has 0 saturated carbocycles. The van der Waals surface area contributed by atoms with E-state index in [2.05, 4.69) is 15.3 Å². The lowest BCUT2D eigenvalue weighted by Crippen LogP contribution is -2.50. The third-order valence-corrected chi connectivity index (χ3v) is 3.82. The average molecular weight is 315 g/mol. The molecular formula is C13H19ClN4O3. The number of likely N-dealkylation sites (tertiary alicyclic amines) is 1. The van der Waals surface area contributed by atoms with Gasteiger partial charge in [0.15, 0.2) is 0 Å². The van der Waals surface area contributed by atoms with Crippen molar-refractivity contribution in [2.75, 3.05) is 6.54 Å². The van der Waals surface area contributed by atoms with Crippen molar-refractivity contribution < 1.29 is 14.7 Å². The highest BCUT2D eigenvalue weighted by atomic mass is 35.5. The molecule has 1 aliphatic heterocycles. The number of nitrogens with one attached hydrogen (secondary N) is 2. The molecule has 1 aromatic rings. The van der Waals surface area contributed by atoms with E-state index in [1.807, 2.05) is 13.8 Å². The Balaban J connectivity index is 2.17. The van der Waals surface area contributed by atoms with Gasteiger partial charge in [-0.1, -0.05) is 25.4 Å². The van der Waals surface area contributed by atoms with Crippen LogP contribution in [0.4, 0.5) is 4.79 Å². The highest BCUT2D eigenvalue weighted by Crippen LogP contribution is 2.31.